The zero-order valence-corrected chi connectivity index (χ0v) is 8.11. The monoisotopic (exact) mass is 177 g/mol. The molecule has 2 rings (SSSR count). The second kappa shape index (κ2) is 2.94. The first-order valence-corrected chi connectivity index (χ1v) is 5.23. The molecule has 1 aromatic carbocycles. The predicted molar refractivity (Wildman–Crippen MR) is 54.7 cm³/mol. The quantitative estimate of drug-likeness (QED) is 0.600. The Morgan fingerprint density at radius 2 is 2.25 bits per heavy atom. The molecule has 0 saturated carbocycles. The molecule has 0 spiro atoms. The highest BCUT2D eigenvalue weighted by molar-refractivity contribution is 7.98. The molecule has 0 amide bonds. The topological polar surface area (TPSA) is 12.4 Å². The Balaban J connectivity index is 2.42. The van der Waals surface area contributed by atoms with Gasteiger partial charge in [0.05, 0.1) is 5.69 Å². The fourth-order valence-corrected chi connectivity index (χ4v) is 1.92. The van der Waals surface area contributed by atoms with Crippen molar-refractivity contribution in [1.82, 2.24) is 0 Å². The molecule has 0 aliphatic carbocycles. The summed E-state index contributed by atoms with van der Waals surface area (Å²) in [6, 6.07) is 6.48. The average Bonchev–Trinajstić information content (AvgIpc) is 2.43. The largest absolute Gasteiger partial charge is 0.257 e. The normalized spacial score (nSPS) is 14.3. The second-order valence-electron chi connectivity index (χ2n) is 3.02. The van der Waals surface area contributed by atoms with E-state index >= 15 is 0 Å². The van der Waals surface area contributed by atoms with E-state index in [1.54, 1.807) is 11.8 Å². The molecular formula is C10H11NS. The van der Waals surface area contributed by atoms with E-state index in [0.717, 1.165) is 12.1 Å². The van der Waals surface area contributed by atoms with Crippen LogP contribution in [0.3, 0.4) is 0 Å². The lowest BCUT2D eigenvalue weighted by molar-refractivity contribution is 1.32. The zero-order chi connectivity index (χ0) is 8.55. The Labute approximate surface area is 76.9 Å². The van der Waals surface area contributed by atoms with Crippen molar-refractivity contribution in [3.05, 3.63) is 23.8 Å². The Morgan fingerprint density at radius 3 is 3.00 bits per heavy atom. The molecule has 0 unspecified atom stereocenters. The van der Waals surface area contributed by atoms with E-state index in [9.17, 15) is 0 Å². The van der Waals surface area contributed by atoms with Gasteiger partial charge in [0.25, 0.3) is 0 Å². The summed E-state index contributed by atoms with van der Waals surface area (Å²) in [6.07, 6.45) is 3.13. The van der Waals surface area contributed by atoms with Gasteiger partial charge in [-0.25, -0.2) is 0 Å². The maximum Gasteiger partial charge on any atom is 0.0665 e. The maximum atomic E-state index is 4.43. The number of thioether (sulfide) groups is 1. The fraction of sp³-hybridized carbons (Fsp3) is 0.300. The van der Waals surface area contributed by atoms with Gasteiger partial charge in [-0.05, 0) is 36.9 Å². The molecule has 1 nitrogen and oxygen atoms in total. The maximum absolute atomic E-state index is 4.43. The number of rotatable bonds is 1. The van der Waals surface area contributed by atoms with Crippen LogP contribution in [0.15, 0.2) is 28.1 Å². The van der Waals surface area contributed by atoms with Crippen LogP contribution in [-0.4, -0.2) is 12.0 Å². The summed E-state index contributed by atoms with van der Waals surface area (Å²) in [5.41, 5.74) is 3.76. The van der Waals surface area contributed by atoms with Crippen molar-refractivity contribution >= 4 is 23.2 Å². The van der Waals surface area contributed by atoms with E-state index in [1.807, 2.05) is 0 Å². The van der Waals surface area contributed by atoms with Crippen molar-refractivity contribution in [1.29, 1.82) is 0 Å². The summed E-state index contributed by atoms with van der Waals surface area (Å²) in [5, 5.41) is 0. The third-order valence-corrected chi connectivity index (χ3v) is 2.77. The lowest BCUT2D eigenvalue weighted by Gasteiger charge is -1.99. The first-order valence-electron chi connectivity index (χ1n) is 4.00. The zero-order valence-electron chi connectivity index (χ0n) is 7.29. The molecule has 0 atom stereocenters. The van der Waals surface area contributed by atoms with Crippen LogP contribution in [0.5, 0.6) is 0 Å². The minimum Gasteiger partial charge on any atom is -0.257 e. The molecule has 12 heavy (non-hydrogen) atoms. The molecule has 1 heterocycles. The third-order valence-electron chi connectivity index (χ3n) is 2.04. The highest BCUT2D eigenvalue weighted by Crippen LogP contribution is 2.29. The van der Waals surface area contributed by atoms with E-state index < -0.39 is 0 Å². The van der Waals surface area contributed by atoms with Gasteiger partial charge >= 0.3 is 0 Å². The van der Waals surface area contributed by atoms with Gasteiger partial charge in [-0.2, -0.15) is 0 Å². The summed E-state index contributed by atoms with van der Waals surface area (Å²) >= 11 is 1.79. The fourth-order valence-electron chi connectivity index (χ4n) is 1.46. The first kappa shape index (κ1) is 7.87. The van der Waals surface area contributed by atoms with Gasteiger partial charge in [-0.1, -0.05) is 0 Å². The number of fused-ring (bicyclic) bond motifs is 1. The Kier molecular flexibility index (Phi) is 1.93. The summed E-state index contributed by atoms with van der Waals surface area (Å²) in [7, 11) is 0. The Hall–Kier alpha value is -0.760. The molecule has 1 aromatic rings. The molecule has 1 aliphatic rings. The highest BCUT2D eigenvalue weighted by atomic mass is 32.2. The SMILES string of the molecule is CSc1ccc2c(c1)CC(C)=N2. The van der Waals surface area contributed by atoms with Crippen molar-refractivity contribution in [3.8, 4) is 0 Å². The molecule has 0 radical (unpaired) electrons. The molecule has 1 aliphatic heterocycles. The number of nitrogens with zero attached hydrogens (tertiary/aromatic N) is 1. The average molecular weight is 177 g/mol. The van der Waals surface area contributed by atoms with Crippen molar-refractivity contribution in [2.75, 3.05) is 6.26 Å². The van der Waals surface area contributed by atoms with Crippen molar-refractivity contribution in [3.63, 3.8) is 0 Å². The van der Waals surface area contributed by atoms with Crippen molar-refractivity contribution in [2.45, 2.75) is 18.2 Å². The van der Waals surface area contributed by atoms with Gasteiger partial charge in [-0.3, -0.25) is 4.99 Å². The predicted octanol–water partition coefficient (Wildman–Crippen LogP) is 3.06. The van der Waals surface area contributed by atoms with Gasteiger partial charge in [-0.15, -0.1) is 11.8 Å². The molecule has 0 aromatic heterocycles. The van der Waals surface area contributed by atoms with Gasteiger partial charge in [0.15, 0.2) is 0 Å². The third kappa shape index (κ3) is 1.27. The number of hydrogen-bond donors (Lipinski definition) is 0. The molecule has 0 fully saturated rings. The summed E-state index contributed by atoms with van der Waals surface area (Å²) in [5.74, 6) is 0. The van der Waals surface area contributed by atoms with E-state index in [4.69, 9.17) is 0 Å². The van der Waals surface area contributed by atoms with Crippen molar-refractivity contribution in [2.24, 2.45) is 4.99 Å². The molecule has 0 saturated heterocycles. The van der Waals surface area contributed by atoms with Crippen LogP contribution in [0.2, 0.25) is 0 Å². The van der Waals surface area contributed by atoms with Crippen molar-refractivity contribution < 1.29 is 0 Å². The highest BCUT2D eigenvalue weighted by Gasteiger charge is 2.10. The van der Waals surface area contributed by atoms with E-state index in [1.165, 1.54) is 16.2 Å². The Morgan fingerprint density at radius 1 is 1.42 bits per heavy atom. The van der Waals surface area contributed by atoms with Gasteiger partial charge in [0.2, 0.25) is 0 Å². The first-order chi connectivity index (χ1) is 5.79. The smallest absolute Gasteiger partial charge is 0.0665 e. The molecule has 62 valence electrons. The summed E-state index contributed by atoms with van der Waals surface area (Å²) in [6.45, 7) is 2.08. The molecular weight excluding hydrogens is 166 g/mol. The van der Waals surface area contributed by atoms with Crippen LogP contribution in [0.4, 0.5) is 5.69 Å². The van der Waals surface area contributed by atoms with Gasteiger partial charge in [0, 0.05) is 17.0 Å². The second-order valence-corrected chi connectivity index (χ2v) is 3.90. The minimum absolute atomic E-state index is 1.03. The molecule has 2 heteroatoms. The minimum atomic E-state index is 1.03. The van der Waals surface area contributed by atoms with Crippen LogP contribution >= 0.6 is 11.8 Å². The number of benzene rings is 1. The van der Waals surface area contributed by atoms with E-state index in [-0.39, 0.29) is 0 Å². The van der Waals surface area contributed by atoms with Crippen LogP contribution in [0.1, 0.15) is 12.5 Å². The number of hydrogen-bond acceptors (Lipinski definition) is 2. The summed E-state index contributed by atoms with van der Waals surface area (Å²) in [4.78, 5) is 5.77. The standard InChI is InChI=1S/C10H11NS/c1-7-5-8-6-9(12-2)3-4-10(8)11-7/h3-4,6H,5H2,1-2H3. The lowest BCUT2D eigenvalue weighted by Crippen LogP contribution is -1.88. The van der Waals surface area contributed by atoms with Crippen LogP contribution in [-0.2, 0) is 6.42 Å². The Bertz CT molecular complexity index is 342. The number of aliphatic imine (C=N–C) groups is 1. The molecule has 0 N–H and O–H groups in total. The van der Waals surface area contributed by atoms with E-state index in [2.05, 4.69) is 36.4 Å². The van der Waals surface area contributed by atoms with Crippen LogP contribution in [0, 0.1) is 0 Å². The van der Waals surface area contributed by atoms with Crippen LogP contribution < -0.4 is 0 Å². The lowest BCUT2D eigenvalue weighted by atomic mass is 10.1. The molecule has 0 bridgehead atoms. The summed E-state index contributed by atoms with van der Waals surface area (Å²) < 4.78 is 0. The van der Waals surface area contributed by atoms with Gasteiger partial charge in [0.1, 0.15) is 0 Å². The van der Waals surface area contributed by atoms with Crippen LogP contribution in [0.25, 0.3) is 0 Å². The van der Waals surface area contributed by atoms with Gasteiger partial charge < -0.3 is 0 Å². The van der Waals surface area contributed by atoms with E-state index in [0.29, 0.717) is 0 Å².